The first-order chi connectivity index (χ1) is 6.61. The average Bonchev–Trinajstić information content (AvgIpc) is 2.40. The number of carbonyl (C=O) groups excluding carboxylic acids is 1. The maximum absolute atomic E-state index is 11.3. The van der Waals surface area contributed by atoms with E-state index in [4.69, 9.17) is 10.00 Å². The third kappa shape index (κ3) is 1.67. The topological polar surface area (TPSA) is 86.1 Å². The second kappa shape index (κ2) is 4.07. The van der Waals surface area contributed by atoms with Crippen molar-refractivity contribution in [1.29, 1.82) is 5.26 Å². The summed E-state index contributed by atoms with van der Waals surface area (Å²) in [5.41, 5.74) is -0.177. The number of thiol groups is 1. The molecule has 0 saturated carbocycles. The monoisotopic (exact) mass is 212 g/mol. The Morgan fingerprint density at radius 2 is 2.43 bits per heavy atom. The van der Waals surface area contributed by atoms with E-state index in [-0.39, 0.29) is 28.6 Å². The second-order valence-corrected chi connectivity index (χ2v) is 2.85. The summed E-state index contributed by atoms with van der Waals surface area (Å²) < 4.78 is 4.69. The number of aromatic amines is 1. The summed E-state index contributed by atoms with van der Waals surface area (Å²) in [6, 6.07) is 1.69. The van der Waals surface area contributed by atoms with Crippen molar-refractivity contribution in [3.8, 4) is 11.9 Å². The van der Waals surface area contributed by atoms with E-state index in [1.54, 1.807) is 13.0 Å². The smallest absolute Gasteiger partial charge is 0.342 e. The second-order valence-electron chi connectivity index (χ2n) is 2.40. The van der Waals surface area contributed by atoms with Crippen LogP contribution >= 0.6 is 12.6 Å². The summed E-state index contributed by atoms with van der Waals surface area (Å²) in [5, 5.41) is 18.0. The van der Waals surface area contributed by atoms with Crippen LogP contribution in [0.1, 0.15) is 22.8 Å². The molecule has 5 nitrogen and oxygen atoms in total. The summed E-state index contributed by atoms with van der Waals surface area (Å²) in [7, 11) is 0. The summed E-state index contributed by atoms with van der Waals surface area (Å²) >= 11 is 3.91. The molecule has 0 radical (unpaired) electrons. The van der Waals surface area contributed by atoms with E-state index in [0.717, 1.165) is 0 Å². The number of nitrogens with one attached hydrogen (secondary N) is 1. The third-order valence-electron chi connectivity index (χ3n) is 1.55. The number of nitrogens with zero attached hydrogens (tertiary/aromatic N) is 1. The molecule has 1 aromatic rings. The molecule has 74 valence electrons. The number of nitriles is 1. The number of H-pyrrole nitrogens is 1. The van der Waals surface area contributed by atoms with Crippen molar-refractivity contribution in [2.24, 2.45) is 0 Å². The van der Waals surface area contributed by atoms with Crippen molar-refractivity contribution < 1.29 is 14.6 Å². The minimum Gasteiger partial charge on any atom is -0.494 e. The first-order valence-corrected chi connectivity index (χ1v) is 4.27. The molecule has 2 N–H and O–H groups in total. The number of aromatic nitrogens is 1. The average molecular weight is 212 g/mol. The van der Waals surface area contributed by atoms with Gasteiger partial charge in [0.15, 0.2) is 0 Å². The number of hydrogen-bond donors (Lipinski definition) is 3. The highest BCUT2D eigenvalue weighted by Gasteiger charge is 2.22. The van der Waals surface area contributed by atoms with Crippen LogP contribution in [0.4, 0.5) is 0 Å². The maximum atomic E-state index is 11.3. The zero-order valence-electron chi connectivity index (χ0n) is 7.37. The molecule has 1 heterocycles. The minimum atomic E-state index is -0.675. The normalized spacial score (nSPS) is 9.50. The largest absolute Gasteiger partial charge is 0.494 e. The van der Waals surface area contributed by atoms with Crippen molar-refractivity contribution in [3.63, 3.8) is 0 Å². The Morgan fingerprint density at radius 1 is 1.79 bits per heavy atom. The fourth-order valence-electron chi connectivity index (χ4n) is 0.985. The van der Waals surface area contributed by atoms with E-state index in [2.05, 4.69) is 17.6 Å². The quantitative estimate of drug-likeness (QED) is 0.505. The molecule has 0 fully saturated rings. The number of ether oxygens (including phenoxy) is 1. The Kier molecular flexibility index (Phi) is 3.04. The van der Waals surface area contributed by atoms with E-state index in [1.807, 2.05) is 0 Å². The molecule has 0 amide bonds. The molecule has 0 saturated heterocycles. The molecule has 1 aromatic heterocycles. The first kappa shape index (κ1) is 10.5. The standard InChI is InChI=1S/C8H8N2O3S/c1-2-13-8(12)5-4(3-9)6(11)10-7(5)14/h10-11,14H,2H2,1H3. The molecule has 0 spiro atoms. The third-order valence-corrected chi connectivity index (χ3v) is 1.89. The van der Waals surface area contributed by atoms with Crippen LogP contribution in [0.25, 0.3) is 0 Å². The number of aromatic hydroxyl groups is 1. The molecule has 1 rings (SSSR count). The molecule has 0 bridgehead atoms. The molecule has 0 aliphatic heterocycles. The van der Waals surface area contributed by atoms with Gasteiger partial charge in [-0.1, -0.05) is 0 Å². The van der Waals surface area contributed by atoms with Gasteiger partial charge in [0, 0.05) is 0 Å². The van der Waals surface area contributed by atoms with Gasteiger partial charge in [-0.05, 0) is 6.92 Å². The Balaban J connectivity index is 3.20. The van der Waals surface area contributed by atoms with E-state index in [0.29, 0.717) is 0 Å². The first-order valence-electron chi connectivity index (χ1n) is 3.82. The summed E-state index contributed by atoms with van der Waals surface area (Å²) in [4.78, 5) is 13.7. The molecule has 0 aliphatic carbocycles. The highest BCUT2D eigenvalue weighted by molar-refractivity contribution is 7.80. The summed E-state index contributed by atoms with van der Waals surface area (Å²) in [5.74, 6) is -1.05. The number of carbonyl (C=O) groups is 1. The van der Waals surface area contributed by atoms with Crippen LogP contribution in [0, 0.1) is 11.3 Å². The number of hydrogen-bond acceptors (Lipinski definition) is 5. The van der Waals surface area contributed by atoms with E-state index >= 15 is 0 Å². The van der Waals surface area contributed by atoms with Crippen molar-refractivity contribution in [2.45, 2.75) is 11.9 Å². The lowest BCUT2D eigenvalue weighted by Crippen LogP contribution is -2.05. The molecular weight excluding hydrogens is 204 g/mol. The number of rotatable bonds is 2. The van der Waals surface area contributed by atoms with Gasteiger partial charge >= 0.3 is 5.97 Å². The Morgan fingerprint density at radius 3 is 2.93 bits per heavy atom. The Bertz CT molecular complexity index is 405. The zero-order chi connectivity index (χ0) is 10.7. The molecule has 6 heteroatoms. The van der Waals surface area contributed by atoms with Gasteiger partial charge in [-0.15, -0.1) is 12.6 Å². The Hall–Kier alpha value is -1.61. The van der Waals surface area contributed by atoms with Gasteiger partial charge in [0.05, 0.1) is 11.6 Å². The van der Waals surface area contributed by atoms with Crippen molar-refractivity contribution in [1.82, 2.24) is 4.98 Å². The fraction of sp³-hybridized carbons (Fsp3) is 0.250. The van der Waals surface area contributed by atoms with Crippen molar-refractivity contribution >= 4 is 18.6 Å². The van der Waals surface area contributed by atoms with E-state index < -0.39 is 5.97 Å². The van der Waals surface area contributed by atoms with Gasteiger partial charge in [0.1, 0.15) is 17.2 Å². The number of esters is 1. The van der Waals surface area contributed by atoms with E-state index in [1.165, 1.54) is 0 Å². The van der Waals surface area contributed by atoms with Crippen LogP contribution in [0.3, 0.4) is 0 Å². The van der Waals surface area contributed by atoms with Crippen LogP contribution in [0.5, 0.6) is 5.88 Å². The molecule has 0 aromatic carbocycles. The lowest BCUT2D eigenvalue weighted by atomic mass is 10.2. The van der Waals surface area contributed by atoms with Gasteiger partial charge < -0.3 is 14.8 Å². The van der Waals surface area contributed by atoms with Gasteiger partial charge in [0.2, 0.25) is 5.88 Å². The molecule has 0 unspecified atom stereocenters. The maximum Gasteiger partial charge on any atom is 0.342 e. The van der Waals surface area contributed by atoms with Gasteiger partial charge in [-0.3, -0.25) is 0 Å². The van der Waals surface area contributed by atoms with Gasteiger partial charge in [0.25, 0.3) is 0 Å². The van der Waals surface area contributed by atoms with Crippen LogP contribution < -0.4 is 0 Å². The predicted molar refractivity (Wildman–Crippen MR) is 50.4 cm³/mol. The lowest BCUT2D eigenvalue weighted by molar-refractivity contribution is 0.0522. The Labute approximate surface area is 85.7 Å². The van der Waals surface area contributed by atoms with Gasteiger partial charge in [-0.25, -0.2) is 4.79 Å². The molecule has 0 atom stereocenters. The fourth-order valence-corrected chi connectivity index (χ4v) is 1.29. The van der Waals surface area contributed by atoms with Crippen LogP contribution in [-0.2, 0) is 4.74 Å². The van der Waals surface area contributed by atoms with Crippen LogP contribution in [0.15, 0.2) is 5.03 Å². The highest BCUT2D eigenvalue weighted by Crippen LogP contribution is 2.26. The lowest BCUT2D eigenvalue weighted by Gasteiger charge is -1.99. The SMILES string of the molecule is CCOC(=O)c1c(S)[nH]c(O)c1C#N. The van der Waals surface area contributed by atoms with Crippen LogP contribution in [0.2, 0.25) is 0 Å². The highest BCUT2D eigenvalue weighted by atomic mass is 32.1. The summed E-state index contributed by atoms with van der Waals surface area (Å²) in [6.07, 6.45) is 0. The molecular formula is C8H8N2O3S. The zero-order valence-corrected chi connectivity index (χ0v) is 8.26. The molecule has 14 heavy (non-hydrogen) atoms. The molecule has 0 aliphatic rings. The van der Waals surface area contributed by atoms with Crippen molar-refractivity contribution in [2.75, 3.05) is 6.61 Å². The van der Waals surface area contributed by atoms with Crippen molar-refractivity contribution in [3.05, 3.63) is 11.1 Å². The van der Waals surface area contributed by atoms with Crippen LogP contribution in [-0.4, -0.2) is 22.7 Å². The van der Waals surface area contributed by atoms with E-state index in [9.17, 15) is 9.90 Å². The summed E-state index contributed by atoms with van der Waals surface area (Å²) in [6.45, 7) is 1.84. The predicted octanol–water partition coefficient (Wildman–Crippen LogP) is 1.06. The van der Waals surface area contributed by atoms with Gasteiger partial charge in [-0.2, -0.15) is 5.26 Å². The minimum absolute atomic E-state index is 0.0322.